The number of hydrogen-bond donors (Lipinski definition) is 0. The van der Waals surface area contributed by atoms with E-state index in [4.69, 9.17) is 4.74 Å². The van der Waals surface area contributed by atoms with Gasteiger partial charge in [0.25, 0.3) is 0 Å². The number of esters is 3. The standard InChI is InChI=1S/C12H14O5SSi/c1-6(13)16-9-7-5-8(19(2,3)4)18-10(7)12(15)17-11(9)14/h5,9H,1-4H3. The molecular formula is C12H14O5SSi. The van der Waals surface area contributed by atoms with Crippen LogP contribution in [-0.4, -0.2) is 26.0 Å². The summed E-state index contributed by atoms with van der Waals surface area (Å²) in [5.74, 6) is -2.06. The molecule has 0 amide bonds. The Kier molecular flexibility index (Phi) is 3.35. The zero-order chi connectivity index (χ0) is 14.4. The highest BCUT2D eigenvalue weighted by Gasteiger charge is 2.40. The van der Waals surface area contributed by atoms with Gasteiger partial charge in [-0.05, 0) is 10.6 Å². The van der Waals surface area contributed by atoms with Crippen LogP contribution in [-0.2, 0) is 19.1 Å². The largest absolute Gasteiger partial charge is 0.445 e. The minimum absolute atomic E-state index is 0.364. The minimum Gasteiger partial charge on any atom is -0.445 e. The van der Waals surface area contributed by atoms with Crippen molar-refractivity contribution < 1.29 is 23.9 Å². The predicted molar refractivity (Wildman–Crippen MR) is 72.2 cm³/mol. The van der Waals surface area contributed by atoms with Crippen molar-refractivity contribution >= 4 is 41.8 Å². The van der Waals surface area contributed by atoms with Crippen LogP contribution >= 0.6 is 11.3 Å². The van der Waals surface area contributed by atoms with E-state index in [0.717, 1.165) is 4.50 Å². The second-order valence-corrected chi connectivity index (χ2v) is 11.8. The van der Waals surface area contributed by atoms with E-state index in [0.29, 0.717) is 10.4 Å². The van der Waals surface area contributed by atoms with Crippen LogP contribution in [0.5, 0.6) is 0 Å². The van der Waals surface area contributed by atoms with Crippen LogP contribution in [0.4, 0.5) is 0 Å². The molecular weight excluding hydrogens is 284 g/mol. The maximum absolute atomic E-state index is 11.7. The number of carbonyl (C=O) groups excluding carboxylic acids is 3. The highest BCUT2D eigenvalue weighted by atomic mass is 32.1. The Labute approximate surface area is 115 Å². The molecule has 0 aliphatic carbocycles. The van der Waals surface area contributed by atoms with Crippen molar-refractivity contribution in [2.75, 3.05) is 0 Å². The first-order valence-electron chi connectivity index (χ1n) is 5.77. The fraction of sp³-hybridized carbons (Fsp3) is 0.417. The third-order valence-electron chi connectivity index (χ3n) is 2.66. The number of cyclic esters (lactones) is 2. The number of fused-ring (bicyclic) bond motifs is 1. The van der Waals surface area contributed by atoms with Crippen molar-refractivity contribution in [1.29, 1.82) is 0 Å². The van der Waals surface area contributed by atoms with Gasteiger partial charge in [0.05, 0.1) is 8.07 Å². The van der Waals surface area contributed by atoms with Crippen LogP contribution in [0.2, 0.25) is 19.6 Å². The molecule has 2 heterocycles. The monoisotopic (exact) mass is 298 g/mol. The third-order valence-corrected chi connectivity index (χ3v) is 7.37. The number of hydrogen-bond acceptors (Lipinski definition) is 6. The van der Waals surface area contributed by atoms with Gasteiger partial charge in [-0.25, -0.2) is 9.59 Å². The summed E-state index contributed by atoms with van der Waals surface area (Å²) in [4.78, 5) is 34.8. The Morgan fingerprint density at radius 3 is 2.53 bits per heavy atom. The van der Waals surface area contributed by atoms with Gasteiger partial charge in [-0.15, -0.1) is 11.3 Å². The van der Waals surface area contributed by atoms with E-state index in [1.165, 1.54) is 18.3 Å². The van der Waals surface area contributed by atoms with Gasteiger partial charge in [-0.3, -0.25) is 4.79 Å². The summed E-state index contributed by atoms with van der Waals surface area (Å²) in [5.41, 5.74) is 0.457. The van der Waals surface area contributed by atoms with Gasteiger partial charge in [0.2, 0.25) is 6.10 Å². The zero-order valence-electron chi connectivity index (χ0n) is 11.1. The molecule has 0 radical (unpaired) electrons. The van der Waals surface area contributed by atoms with Crippen molar-refractivity contribution in [2.45, 2.75) is 32.7 Å². The second-order valence-electron chi connectivity index (χ2n) is 5.34. The molecule has 0 N–H and O–H groups in total. The molecule has 1 aromatic heterocycles. The smallest absolute Gasteiger partial charge is 0.360 e. The first-order valence-corrected chi connectivity index (χ1v) is 10.1. The molecule has 0 aromatic carbocycles. The molecule has 1 aliphatic heterocycles. The molecule has 0 saturated carbocycles. The molecule has 1 aromatic rings. The Bertz CT molecular complexity index is 569. The van der Waals surface area contributed by atoms with E-state index in [1.54, 1.807) is 6.07 Å². The van der Waals surface area contributed by atoms with Gasteiger partial charge in [-0.2, -0.15) is 0 Å². The van der Waals surface area contributed by atoms with Gasteiger partial charge in [-0.1, -0.05) is 19.6 Å². The first-order chi connectivity index (χ1) is 8.70. The van der Waals surface area contributed by atoms with Crippen LogP contribution in [0.15, 0.2) is 6.07 Å². The minimum atomic E-state index is -1.61. The molecule has 5 nitrogen and oxygen atoms in total. The summed E-state index contributed by atoms with van der Waals surface area (Å²) >= 11 is 1.33. The number of rotatable bonds is 2. The van der Waals surface area contributed by atoms with Crippen LogP contribution in [0.25, 0.3) is 0 Å². The third kappa shape index (κ3) is 2.61. The average Bonchev–Trinajstić information content (AvgIpc) is 2.68. The van der Waals surface area contributed by atoms with Crippen molar-refractivity contribution in [2.24, 2.45) is 0 Å². The van der Waals surface area contributed by atoms with Crippen LogP contribution in [0.1, 0.15) is 28.3 Å². The van der Waals surface area contributed by atoms with E-state index in [-0.39, 0.29) is 0 Å². The lowest BCUT2D eigenvalue weighted by Crippen LogP contribution is -2.35. The normalized spacial score (nSPS) is 18.8. The lowest BCUT2D eigenvalue weighted by atomic mass is 10.1. The molecule has 0 bridgehead atoms. The molecule has 19 heavy (non-hydrogen) atoms. The SMILES string of the molecule is CC(=O)OC1C(=O)OC(=O)c2sc([Si](C)(C)C)cc21. The second kappa shape index (κ2) is 4.57. The van der Waals surface area contributed by atoms with Gasteiger partial charge in [0, 0.05) is 12.5 Å². The molecule has 1 atom stereocenters. The van der Waals surface area contributed by atoms with Crippen molar-refractivity contribution in [1.82, 2.24) is 0 Å². The molecule has 0 fully saturated rings. The number of ether oxygens (including phenoxy) is 2. The van der Waals surface area contributed by atoms with E-state index < -0.39 is 32.1 Å². The van der Waals surface area contributed by atoms with E-state index in [9.17, 15) is 14.4 Å². The lowest BCUT2D eigenvalue weighted by Gasteiger charge is -2.19. The average molecular weight is 298 g/mol. The Morgan fingerprint density at radius 1 is 1.37 bits per heavy atom. The summed E-state index contributed by atoms with van der Waals surface area (Å²) < 4.78 is 10.7. The summed E-state index contributed by atoms with van der Waals surface area (Å²) in [6.07, 6.45) is -1.12. The van der Waals surface area contributed by atoms with E-state index >= 15 is 0 Å². The summed E-state index contributed by atoms with van der Waals surface area (Å²) in [7, 11) is -1.61. The molecule has 0 spiro atoms. The number of carbonyl (C=O) groups is 3. The first kappa shape index (κ1) is 13.9. The van der Waals surface area contributed by atoms with Gasteiger partial charge >= 0.3 is 17.9 Å². The van der Waals surface area contributed by atoms with Gasteiger partial charge < -0.3 is 9.47 Å². The molecule has 102 valence electrons. The highest BCUT2D eigenvalue weighted by molar-refractivity contribution is 7.27. The Balaban J connectivity index is 2.51. The fourth-order valence-corrected chi connectivity index (χ4v) is 4.66. The molecule has 1 unspecified atom stereocenters. The summed E-state index contributed by atoms with van der Waals surface area (Å²) in [6, 6.07) is 1.80. The van der Waals surface area contributed by atoms with Gasteiger partial charge in [0.1, 0.15) is 4.88 Å². The van der Waals surface area contributed by atoms with E-state index in [1.807, 2.05) is 0 Å². The maximum atomic E-state index is 11.7. The maximum Gasteiger partial charge on any atom is 0.360 e. The van der Waals surface area contributed by atoms with Crippen molar-refractivity contribution in [3.63, 3.8) is 0 Å². The Morgan fingerprint density at radius 2 is 2.00 bits per heavy atom. The summed E-state index contributed by atoms with van der Waals surface area (Å²) in [5, 5.41) is 0. The van der Waals surface area contributed by atoms with Crippen LogP contribution < -0.4 is 4.50 Å². The molecule has 0 saturated heterocycles. The molecule has 2 rings (SSSR count). The van der Waals surface area contributed by atoms with E-state index in [2.05, 4.69) is 24.4 Å². The molecule has 7 heteroatoms. The quantitative estimate of drug-likeness (QED) is 0.471. The van der Waals surface area contributed by atoms with Crippen molar-refractivity contribution in [3.8, 4) is 0 Å². The topological polar surface area (TPSA) is 69.7 Å². The molecule has 1 aliphatic rings. The van der Waals surface area contributed by atoms with Crippen LogP contribution in [0, 0.1) is 0 Å². The zero-order valence-corrected chi connectivity index (χ0v) is 12.9. The van der Waals surface area contributed by atoms with Crippen molar-refractivity contribution in [3.05, 3.63) is 16.5 Å². The fourth-order valence-electron chi connectivity index (χ4n) is 1.72. The number of thiophene rings is 1. The van der Waals surface area contributed by atoms with Gasteiger partial charge in [0.15, 0.2) is 0 Å². The highest BCUT2D eigenvalue weighted by Crippen LogP contribution is 2.32. The predicted octanol–water partition coefficient (Wildman–Crippen LogP) is 1.59. The lowest BCUT2D eigenvalue weighted by molar-refractivity contribution is -0.164. The Hall–Kier alpha value is -1.47. The summed E-state index contributed by atoms with van der Waals surface area (Å²) in [6.45, 7) is 7.63. The van der Waals surface area contributed by atoms with Crippen LogP contribution in [0.3, 0.4) is 0 Å².